The van der Waals surface area contributed by atoms with Gasteiger partial charge in [0.1, 0.15) is 5.56 Å². The number of aliphatic hydroxyl groups excluding tert-OH is 1. The minimum Gasteiger partial charge on any atom is -0.391 e. The molecular weight excluding hydrogens is 285 g/mol. The molecule has 0 bridgehead atoms. The third-order valence-corrected chi connectivity index (χ3v) is 3.11. The van der Waals surface area contributed by atoms with Gasteiger partial charge in [0.15, 0.2) is 23.3 Å². The van der Waals surface area contributed by atoms with Crippen molar-refractivity contribution < 1.29 is 31.9 Å². The topological polar surface area (TPSA) is 40.5 Å². The number of piperidine rings is 1. The number of β-amino-alcohol motifs (C(OH)–C–C–N with tert-alkyl or cyclic N) is 1. The van der Waals surface area contributed by atoms with Gasteiger partial charge in [0.25, 0.3) is 5.91 Å². The lowest BCUT2D eigenvalue weighted by Gasteiger charge is -2.30. The number of benzene rings is 1. The van der Waals surface area contributed by atoms with Crippen molar-refractivity contribution in [3.63, 3.8) is 0 Å². The predicted octanol–water partition coefficient (Wildman–Crippen LogP) is 1.98. The first-order chi connectivity index (χ1) is 9.34. The Hall–Kier alpha value is -1.70. The Morgan fingerprint density at radius 2 is 1.50 bits per heavy atom. The first-order valence-electron chi connectivity index (χ1n) is 5.83. The molecule has 1 aromatic carbocycles. The molecule has 1 atom stereocenters. The zero-order valence-electron chi connectivity index (χ0n) is 10.1. The lowest BCUT2D eigenvalue weighted by molar-refractivity contribution is 0.0463. The first kappa shape index (κ1) is 14.7. The summed E-state index contributed by atoms with van der Waals surface area (Å²) in [4.78, 5) is 12.7. The van der Waals surface area contributed by atoms with Gasteiger partial charge in [0, 0.05) is 13.1 Å². The van der Waals surface area contributed by atoms with Crippen LogP contribution in [0.15, 0.2) is 0 Å². The van der Waals surface area contributed by atoms with Crippen LogP contribution in [0.1, 0.15) is 23.2 Å². The van der Waals surface area contributed by atoms with Gasteiger partial charge in [0.05, 0.1) is 6.10 Å². The van der Waals surface area contributed by atoms with E-state index in [1.807, 2.05) is 0 Å². The van der Waals surface area contributed by atoms with Crippen LogP contribution >= 0.6 is 0 Å². The quantitative estimate of drug-likeness (QED) is 0.489. The molecule has 1 aliphatic rings. The van der Waals surface area contributed by atoms with Crippen molar-refractivity contribution in [2.45, 2.75) is 18.9 Å². The molecule has 1 fully saturated rings. The van der Waals surface area contributed by atoms with Crippen LogP contribution in [0.25, 0.3) is 0 Å². The van der Waals surface area contributed by atoms with Crippen LogP contribution in [0.5, 0.6) is 0 Å². The summed E-state index contributed by atoms with van der Waals surface area (Å²) in [5, 5.41) is 9.38. The molecule has 110 valence electrons. The van der Waals surface area contributed by atoms with Crippen LogP contribution in [-0.2, 0) is 0 Å². The second kappa shape index (κ2) is 5.35. The Labute approximate surface area is 110 Å². The largest absolute Gasteiger partial charge is 0.391 e. The fourth-order valence-corrected chi connectivity index (χ4v) is 2.09. The van der Waals surface area contributed by atoms with Gasteiger partial charge in [-0.1, -0.05) is 0 Å². The van der Waals surface area contributed by atoms with Crippen LogP contribution in [0.2, 0.25) is 0 Å². The van der Waals surface area contributed by atoms with Crippen molar-refractivity contribution in [2.75, 3.05) is 13.1 Å². The lowest BCUT2D eigenvalue weighted by atomic mass is 10.1. The Bertz CT molecular complexity index is 534. The summed E-state index contributed by atoms with van der Waals surface area (Å²) in [6.07, 6.45) is -0.0996. The summed E-state index contributed by atoms with van der Waals surface area (Å²) in [6.45, 7) is -0.131. The van der Waals surface area contributed by atoms with Gasteiger partial charge in [0.2, 0.25) is 5.82 Å². The maximum Gasteiger partial charge on any atom is 0.260 e. The second-order valence-electron chi connectivity index (χ2n) is 4.49. The molecule has 1 heterocycles. The standard InChI is InChI=1S/C12H10F5NO2/c13-7-6(8(14)10(16)11(17)9(7)15)12(20)18-3-1-2-5(19)4-18/h5,19H,1-4H2. The Morgan fingerprint density at radius 1 is 1.00 bits per heavy atom. The van der Waals surface area contributed by atoms with Crippen molar-refractivity contribution >= 4 is 5.91 Å². The maximum absolute atomic E-state index is 13.5. The summed E-state index contributed by atoms with van der Waals surface area (Å²) in [7, 11) is 0. The van der Waals surface area contributed by atoms with Gasteiger partial charge in [-0.05, 0) is 12.8 Å². The number of likely N-dealkylation sites (tertiary alicyclic amines) is 1. The van der Waals surface area contributed by atoms with Crippen molar-refractivity contribution in [1.29, 1.82) is 0 Å². The molecule has 0 aliphatic carbocycles. The number of hydrogen-bond donors (Lipinski definition) is 1. The molecule has 0 aromatic heterocycles. The number of aliphatic hydroxyl groups is 1. The van der Waals surface area contributed by atoms with E-state index in [9.17, 15) is 31.9 Å². The summed E-state index contributed by atoms with van der Waals surface area (Å²) in [6, 6.07) is 0. The average molecular weight is 295 g/mol. The molecule has 1 aromatic rings. The summed E-state index contributed by atoms with van der Waals surface area (Å²) in [5.74, 6) is -12.3. The Morgan fingerprint density at radius 3 is 2.00 bits per heavy atom. The SMILES string of the molecule is O=C(c1c(F)c(F)c(F)c(F)c1F)N1CCCC(O)C1. The molecule has 1 unspecified atom stereocenters. The molecule has 3 nitrogen and oxygen atoms in total. The van der Waals surface area contributed by atoms with Gasteiger partial charge in [-0.3, -0.25) is 4.79 Å². The number of halogens is 5. The number of nitrogens with zero attached hydrogens (tertiary/aromatic N) is 1. The minimum absolute atomic E-state index is 0.0788. The Balaban J connectivity index is 2.44. The molecule has 1 aliphatic heterocycles. The molecule has 0 radical (unpaired) electrons. The number of amides is 1. The highest BCUT2D eigenvalue weighted by Gasteiger charge is 2.33. The highest BCUT2D eigenvalue weighted by molar-refractivity contribution is 5.95. The normalized spacial score (nSPS) is 19.3. The number of carbonyl (C=O) groups is 1. The average Bonchev–Trinajstić information content (AvgIpc) is 2.43. The van der Waals surface area contributed by atoms with E-state index in [4.69, 9.17) is 0 Å². The second-order valence-corrected chi connectivity index (χ2v) is 4.49. The molecule has 1 amide bonds. The van der Waals surface area contributed by atoms with Gasteiger partial charge < -0.3 is 10.0 Å². The summed E-state index contributed by atoms with van der Waals surface area (Å²) < 4.78 is 65.9. The van der Waals surface area contributed by atoms with Gasteiger partial charge in [-0.2, -0.15) is 0 Å². The van der Waals surface area contributed by atoms with E-state index in [0.717, 1.165) is 4.90 Å². The molecule has 8 heteroatoms. The van der Waals surface area contributed by atoms with E-state index in [-0.39, 0.29) is 13.1 Å². The van der Waals surface area contributed by atoms with Crippen LogP contribution < -0.4 is 0 Å². The van der Waals surface area contributed by atoms with Crippen molar-refractivity contribution in [2.24, 2.45) is 0 Å². The maximum atomic E-state index is 13.5. The molecule has 0 spiro atoms. The van der Waals surface area contributed by atoms with Crippen LogP contribution in [0.3, 0.4) is 0 Å². The molecule has 0 saturated carbocycles. The van der Waals surface area contributed by atoms with Crippen LogP contribution in [0, 0.1) is 29.1 Å². The van der Waals surface area contributed by atoms with E-state index in [2.05, 4.69) is 0 Å². The third-order valence-electron chi connectivity index (χ3n) is 3.11. The highest BCUT2D eigenvalue weighted by atomic mass is 19.2. The van der Waals surface area contributed by atoms with Gasteiger partial charge >= 0.3 is 0 Å². The zero-order chi connectivity index (χ0) is 15.0. The molecule has 20 heavy (non-hydrogen) atoms. The summed E-state index contributed by atoms with van der Waals surface area (Å²) >= 11 is 0. The number of carbonyl (C=O) groups excluding carboxylic acids is 1. The van der Waals surface area contributed by atoms with Crippen molar-refractivity contribution in [3.8, 4) is 0 Å². The lowest BCUT2D eigenvalue weighted by Crippen LogP contribution is -2.43. The van der Waals surface area contributed by atoms with E-state index >= 15 is 0 Å². The molecular formula is C12H10F5NO2. The van der Waals surface area contributed by atoms with Crippen molar-refractivity contribution in [3.05, 3.63) is 34.6 Å². The minimum atomic E-state index is -2.31. The number of hydrogen-bond acceptors (Lipinski definition) is 2. The van der Waals surface area contributed by atoms with E-state index in [1.165, 1.54) is 0 Å². The van der Waals surface area contributed by atoms with Crippen LogP contribution in [0.4, 0.5) is 22.0 Å². The molecule has 2 rings (SSSR count). The van der Waals surface area contributed by atoms with E-state index in [1.54, 1.807) is 0 Å². The monoisotopic (exact) mass is 295 g/mol. The summed E-state index contributed by atoms with van der Waals surface area (Å²) in [5.41, 5.74) is -1.49. The highest BCUT2D eigenvalue weighted by Crippen LogP contribution is 2.25. The van der Waals surface area contributed by atoms with E-state index < -0.39 is 46.7 Å². The van der Waals surface area contributed by atoms with Crippen molar-refractivity contribution in [1.82, 2.24) is 4.90 Å². The molecule has 1 N–H and O–H groups in total. The predicted molar refractivity (Wildman–Crippen MR) is 57.4 cm³/mol. The molecule has 1 saturated heterocycles. The fourth-order valence-electron chi connectivity index (χ4n) is 2.09. The fraction of sp³-hybridized carbons (Fsp3) is 0.417. The number of rotatable bonds is 1. The van der Waals surface area contributed by atoms with E-state index in [0.29, 0.717) is 12.8 Å². The van der Waals surface area contributed by atoms with Gasteiger partial charge in [-0.15, -0.1) is 0 Å². The first-order valence-corrected chi connectivity index (χ1v) is 5.83. The third kappa shape index (κ3) is 2.35. The Kier molecular flexibility index (Phi) is 3.94. The smallest absolute Gasteiger partial charge is 0.260 e. The van der Waals surface area contributed by atoms with Gasteiger partial charge in [-0.25, -0.2) is 22.0 Å². The zero-order valence-corrected chi connectivity index (χ0v) is 10.1. The van der Waals surface area contributed by atoms with Crippen LogP contribution in [-0.4, -0.2) is 35.1 Å².